The number of ether oxygens (including phenoxy) is 1. The lowest BCUT2D eigenvalue weighted by molar-refractivity contribution is -0.138. The fourth-order valence-corrected chi connectivity index (χ4v) is 1.80. The van der Waals surface area contributed by atoms with Gasteiger partial charge in [-0.15, -0.1) is 0 Å². The zero-order chi connectivity index (χ0) is 9.97. The Balaban J connectivity index is 2.12. The third-order valence-electron chi connectivity index (χ3n) is 2.67. The minimum atomic E-state index is -0.159. The van der Waals surface area contributed by atoms with Crippen molar-refractivity contribution in [2.45, 2.75) is 32.3 Å². The summed E-state index contributed by atoms with van der Waals surface area (Å²) < 4.78 is 5.20. The van der Waals surface area contributed by atoms with Crippen LogP contribution in [0, 0.1) is 0 Å². The van der Waals surface area contributed by atoms with Crippen LogP contribution >= 0.6 is 0 Å². The Kier molecular flexibility index (Phi) is 2.61. The van der Waals surface area contributed by atoms with Gasteiger partial charge in [0.25, 0.3) is 0 Å². The van der Waals surface area contributed by atoms with Crippen LogP contribution in [0.2, 0.25) is 0 Å². The Bertz CT molecular complexity index is 265. The first-order chi connectivity index (χ1) is 6.81. The lowest BCUT2D eigenvalue weighted by Gasteiger charge is -2.20. The van der Waals surface area contributed by atoms with E-state index in [1.807, 2.05) is 6.92 Å². The van der Waals surface area contributed by atoms with Crippen molar-refractivity contribution >= 4 is 5.97 Å². The maximum atomic E-state index is 11.5. The van der Waals surface area contributed by atoms with Crippen LogP contribution in [-0.4, -0.2) is 25.2 Å². The molecule has 0 radical (unpaired) electrons. The van der Waals surface area contributed by atoms with E-state index in [0.29, 0.717) is 0 Å². The van der Waals surface area contributed by atoms with E-state index in [4.69, 9.17) is 4.74 Å². The SMILES string of the molecule is CCC1CC(=C2NCCCN2)C(=O)O1. The van der Waals surface area contributed by atoms with E-state index in [1.165, 1.54) is 0 Å². The molecule has 14 heavy (non-hydrogen) atoms. The molecule has 0 spiro atoms. The zero-order valence-corrected chi connectivity index (χ0v) is 8.43. The third-order valence-corrected chi connectivity index (χ3v) is 2.67. The summed E-state index contributed by atoms with van der Waals surface area (Å²) in [5, 5.41) is 6.41. The fraction of sp³-hybridized carbons (Fsp3) is 0.700. The first-order valence-corrected chi connectivity index (χ1v) is 5.23. The molecule has 0 aromatic heterocycles. The first kappa shape index (κ1) is 9.37. The maximum Gasteiger partial charge on any atom is 0.338 e. The van der Waals surface area contributed by atoms with E-state index in [9.17, 15) is 4.79 Å². The molecule has 1 unspecified atom stereocenters. The van der Waals surface area contributed by atoms with Crippen LogP contribution in [0.5, 0.6) is 0 Å². The molecular formula is C10H16N2O2. The van der Waals surface area contributed by atoms with Crippen molar-refractivity contribution < 1.29 is 9.53 Å². The maximum absolute atomic E-state index is 11.5. The predicted octanol–water partition coefficient (Wildman–Crippen LogP) is 0.506. The summed E-state index contributed by atoms with van der Waals surface area (Å²) in [7, 11) is 0. The largest absolute Gasteiger partial charge is 0.459 e. The normalized spacial score (nSPS) is 26.9. The van der Waals surface area contributed by atoms with Gasteiger partial charge in [-0.2, -0.15) is 0 Å². The van der Waals surface area contributed by atoms with Crippen molar-refractivity contribution in [3.8, 4) is 0 Å². The van der Waals surface area contributed by atoms with Gasteiger partial charge in [0.2, 0.25) is 0 Å². The third kappa shape index (κ3) is 1.69. The van der Waals surface area contributed by atoms with Gasteiger partial charge in [-0.1, -0.05) is 6.92 Å². The molecule has 0 amide bonds. The number of esters is 1. The van der Waals surface area contributed by atoms with Gasteiger partial charge < -0.3 is 15.4 Å². The van der Waals surface area contributed by atoms with Gasteiger partial charge in [0.15, 0.2) is 0 Å². The van der Waals surface area contributed by atoms with Crippen molar-refractivity contribution in [3.05, 3.63) is 11.4 Å². The zero-order valence-electron chi connectivity index (χ0n) is 8.43. The van der Waals surface area contributed by atoms with E-state index in [2.05, 4.69) is 10.6 Å². The van der Waals surface area contributed by atoms with Crippen molar-refractivity contribution in [1.82, 2.24) is 10.6 Å². The number of hydrogen-bond acceptors (Lipinski definition) is 4. The quantitative estimate of drug-likeness (QED) is 0.474. The molecule has 2 heterocycles. The summed E-state index contributed by atoms with van der Waals surface area (Å²) in [6, 6.07) is 0. The molecule has 0 bridgehead atoms. The summed E-state index contributed by atoms with van der Waals surface area (Å²) in [4.78, 5) is 11.5. The van der Waals surface area contributed by atoms with Crippen molar-refractivity contribution in [2.24, 2.45) is 0 Å². The lowest BCUT2D eigenvalue weighted by atomic mass is 10.1. The molecule has 2 saturated heterocycles. The van der Waals surface area contributed by atoms with E-state index in [0.717, 1.165) is 43.7 Å². The Morgan fingerprint density at radius 3 is 2.71 bits per heavy atom. The Morgan fingerprint density at radius 1 is 1.43 bits per heavy atom. The molecule has 2 aliphatic heterocycles. The van der Waals surface area contributed by atoms with Gasteiger partial charge in [0.1, 0.15) is 11.9 Å². The van der Waals surface area contributed by atoms with Crippen LogP contribution in [0.1, 0.15) is 26.2 Å². The molecule has 4 nitrogen and oxygen atoms in total. The summed E-state index contributed by atoms with van der Waals surface area (Å²) in [6.45, 7) is 3.92. The molecule has 0 aromatic carbocycles. The Labute approximate surface area is 83.7 Å². The molecule has 2 N–H and O–H groups in total. The molecule has 0 aliphatic carbocycles. The molecule has 0 aromatic rings. The highest BCUT2D eigenvalue weighted by atomic mass is 16.5. The molecule has 78 valence electrons. The van der Waals surface area contributed by atoms with E-state index in [-0.39, 0.29) is 12.1 Å². The van der Waals surface area contributed by atoms with Crippen molar-refractivity contribution in [1.29, 1.82) is 0 Å². The van der Waals surface area contributed by atoms with E-state index in [1.54, 1.807) is 0 Å². The topological polar surface area (TPSA) is 50.4 Å². The molecule has 2 fully saturated rings. The van der Waals surface area contributed by atoms with Crippen LogP contribution in [0.4, 0.5) is 0 Å². The van der Waals surface area contributed by atoms with Crippen LogP contribution in [0.3, 0.4) is 0 Å². The lowest BCUT2D eigenvalue weighted by Crippen LogP contribution is -2.36. The molecular weight excluding hydrogens is 180 g/mol. The van der Waals surface area contributed by atoms with Gasteiger partial charge in [0, 0.05) is 19.5 Å². The van der Waals surface area contributed by atoms with Crippen LogP contribution < -0.4 is 10.6 Å². The van der Waals surface area contributed by atoms with Gasteiger partial charge in [-0.05, 0) is 12.8 Å². The van der Waals surface area contributed by atoms with Crippen molar-refractivity contribution in [2.75, 3.05) is 13.1 Å². The van der Waals surface area contributed by atoms with E-state index >= 15 is 0 Å². The second-order valence-corrected chi connectivity index (χ2v) is 3.70. The number of nitrogens with one attached hydrogen (secondary N) is 2. The standard InChI is InChI=1S/C10H16N2O2/c1-2-7-6-8(10(13)14-7)9-11-4-3-5-12-9/h7,11-12H,2-6H2,1H3. The van der Waals surface area contributed by atoms with E-state index < -0.39 is 0 Å². The molecule has 4 heteroatoms. The Morgan fingerprint density at radius 2 is 2.14 bits per heavy atom. The summed E-state index contributed by atoms with van der Waals surface area (Å²) in [5.74, 6) is 0.728. The molecule has 0 saturated carbocycles. The highest BCUT2D eigenvalue weighted by Gasteiger charge is 2.30. The first-order valence-electron chi connectivity index (χ1n) is 5.23. The molecule has 1 atom stereocenters. The van der Waals surface area contributed by atoms with Crippen LogP contribution in [0.15, 0.2) is 11.4 Å². The van der Waals surface area contributed by atoms with Crippen LogP contribution in [-0.2, 0) is 9.53 Å². The average Bonchev–Trinajstić information content (AvgIpc) is 2.61. The highest BCUT2D eigenvalue weighted by Crippen LogP contribution is 2.24. The number of carbonyl (C=O) groups excluding carboxylic acids is 1. The summed E-state index contributed by atoms with van der Waals surface area (Å²) in [6.07, 6.45) is 2.81. The smallest absolute Gasteiger partial charge is 0.338 e. The molecule has 2 aliphatic rings. The minimum Gasteiger partial charge on any atom is -0.459 e. The van der Waals surface area contributed by atoms with Gasteiger partial charge >= 0.3 is 5.97 Å². The monoisotopic (exact) mass is 196 g/mol. The minimum absolute atomic E-state index is 0.0792. The number of hydrogen-bond donors (Lipinski definition) is 2. The second kappa shape index (κ2) is 3.90. The second-order valence-electron chi connectivity index (χ2n) is 3.70. The van der Waals surface area contributed by atoms with Gasteiger partial charge in [-0.25, -0.2) is 4.79 Å². The van der Waals surface area contributed by atoms with Gasteiger partial charge in [-0.3, -0.25) is 0 Å². The van der Waals surface area contributed by atoms with Crippen LogP contribution in [0.25, 0.3) is 0 Å². The number of carbonyl (C=O) groups is 1. The Hall–Kier alpha value is -1.19. The highest BCUT2D eigenvalue weighted by molar-refractivity contribution is 5.91. The fourth-order valence-electron chi connectivity index (χ4n) is 1.80. The molecule has 2 rings (SSSR count). The van der Waals surface area contributed by atoms with Gasteiger partial charge in [0.05, 0.1) is 5.57 Å². The predicted molar refractivity (Wildman–Crippen MR) is 52.4 cm³/mol. The van der Waals surface area contributed by atoms with Crippen molar-refractivity contribution in [3.63, 3.8) is 0 Å². The average molecular weight is 196 g/mol. The summed E-state index contributed by atoms with van der Waals surface area (Å²) >= 11 is 0. The summed E-state index contributed by atoms with van der Waals surface area (Å²) in [5.41, 5.74) is 0.788. The number of cyclic esters (lactones) is 1. The number of rotatable bonds is 1.